The van der Waals surface area contributed by atoms with Crippen molar-refractivity contribution in [3.05, 3.63) is 193 Å². The maximum atomic E-state index is 6.82. The summed E-state index contributed by atoms with van der Waals surface area (Å²) in [5, 5.41) is 2.17. The smallest absolute Gasteiger partial charge is 0.0160 e. The van der Waals surface area contributed by atoms with Crippen LogP contribution in [0, 0.1) is 12.1 Å². The molecular formula is C60H57GeIrN3OSi-2. The third-order valence-corrected chi connectivity index (χ3v) is 32.2. The molecule has 0 fully saturated rings. The van der Waals surface area contributed by atoms with Gasteiger partial charge in [-0.1, -0.05) is 54.6 Å². The Morgan fingerprint density at radius 3 is 2.07 bits per heavy atom. The van der Waals surface area contributed by atoms with Crippen molar-refractivity contribution in [1.82, 2.24) is 14.5 Å². The van der Waals surface area contributed by atoms with Crippen molar-refractivity contribution >= 4 is 58.7 Å². The molecule has 0 saturated carbocycles. The summed E-state index contributed by atoms with van der Waals surface area (Å²) in [4.78, 5) is 11.1. The van der Waals surface area contributed by atoms with Gasteiger partial charge in [0.05, 0.1) is 0 Å². The van der Waals surface area contributed by atoms with Crippen LogP contribution < -0.4 is 4.40 Å². The number of benzene rings is 7. The van der Waals surface area contributed by atoms with E-state index in [1.54, 1.807) is 16.2 Å². The molecule has 0 atom stereocenters. The topological polar surface area (TPSA) is 43.9 Å². The monoisotopic (exact) mass is 1130 g/mol. The van der Waals surface area contributed by atoms with Crippen LogP contribution in [0.3, 0.4) is 0 Å². The molecule has 337 valence electrons. The number of aromatic nitrogens is 3. The predicted molar refractivity (Wildman–Crippen MR) is 283 cm³/mol. The number of imidazole rings is 1. The summed E-state index contributed by atoms with van der Waals surface area (Å²) in [5.41, 5.74) is 17.1. The summed E-state index contributed by atoms with van der Waals surface area (Å²) in [6, 6.07) is 63.9. The zero-order valence-corrected chi connectivity index (χ0v) is 45.2. The summed E-state index contributed by atoms with van der Waals surface area (Å²) >= 11 is -2.13. The standard InChI is InChI=1S/C49H49GeN2OSi.C11H8N.Ir/c1-31(2)41-25-37(34-21-22-36-29-54(7,8)30-50(5,6)43(36)27-34)26-42(32(3)4)47(41)52-45-20-13-12-19-44(45)51-49(52)40-18-14-17-39-38-24-23-35(28-46(38)53-48(39)40)33-15-10-9-11-16-33;1-2-6-10(7-3-1)11-8-4-5-9-12-11;/h9-17,19-28,31-32H,29-30H2,1-8H3;1-6,8-9H;/q2*-1;. The first kappa shape index (κ1) is 46.5. The first-order chi connectivity index (χ1) is 31.8. The number of fused-ring (bicyclic) bond motifs is 5. The Morgan fingerprint density at radius 1 is 0.657 bits per heavy atom. The fourth-order valence-corrected chi connectivity index (χ4v) is 35.4. The van der Waals surface area contributed by atoms with E-state index < -0.39 is 21.3 Å². The molecule has 1 aliphatic heterocycles. The van der Waals surface area contributed by atoms with Crippen molar-refractivity contribution in [2.45, 2.75) is 75.1 Å². The summed E-state index contributed by atoms with van der Waals surface area (Å²) in [7, 11) is -1.19. The van der Waals surface area contributed by atoms with E-state index in [2.05, 4.69) is 183 Å². The third kappa shape index (κ3) is 9.10. The van der Waals surface area contributed by atoms with Crippen molar-refractivity contribution in [3.63, 3.8) is 0 Å². The molecule has 67 heavy (non-hydrogen) atoms. The van der Waals surface area contributed by atoms with Crippen molar-refractivity contribution in [2.24, 2.45) is 0 Å². The van der Waals surface area contributed by atoms with Crippen molar-refractivity contribution in [1.29, 1.82) is 0 Å². The predicted octanol–water partition coefficient (Wildman–Crippen LogP) is 15.8. The minimum absolute atomic E-state index is 0. The van der Waals surface area contributed by atoms with Crippen LogP contribution in [0.4, 0.5) is 0 Å². The van der Waals surface area contributed by atoms with E-state index in [-0.39, 0.29) is 31.9 Å². The van der Waals surface area contributed by atoms with Crippen molar-refractivity contribution in [2.75, 3.05) is 0 Å². The van der Waals surface area contributed by atoms with Crippen LogP contribution in [-0.4, -0.2) is 35.9 Å². The minimum Gasteiger partial charge on any atom is -0.305 e. The fraction of sp³-hybridized carbons (Fsp3) is 0.200. The molecule has 0 saturated heterocycles. The van der Waals surface area contributed by atoms with Crippen LogP contribution in [0.2, 0.25) is 29.5 Å². The molecule has 0 amide bonds. The zero-order valence-electron chi connectivity index (χ0n) is 39.7. The molecular weight excluding hydrogens is 1070 g/mol. The van der Waals surface area contributed by atoms with Crippen molar-refractivity contribution in [3.8, 4) is 50.6 Å². The molecule has 4 nitrogen and oxygen atoms in total. The Bertz CT molecular complexity index is 3310. The first-order valence-corrected chi connectivity index (χ1v) is 33.6. The number of para-hydroxylation sites is 2. The van der Waals surface area contributed by atoms with Gasteiger partial charge in [0.25, 0.3) is 0 Å². The summed E-state index contributed by atoms with van der Waals surface area (Å²) in [6.45, 7) is 14.5. The summed E-state index contributed by atoms with van der Waals surface area (Å²) in [5.74, 6) is 6.72. The van der Waals surface area contributed by atoms with Gasteiger partial charge in [-0.3, -0.25) is 0 Å². The van der Waals surface area contributed by atoms with E-state index in [9.17, 15) is 0 Å². The number of hydrogen-bond donors (Lipinski definition) is 0. The van der Waals surface area contributed by atoms with Gasteiger partial charge in [-0.25, -0.2) is 0 Å². The Labute approximate surface area is 413 Å². The molecule has 1 aliphatic rings. The van der Waals surface area contributed by atoms with Gasteiger partial charge < -0.3 is 4.98 Å². The quantitative estimate of drug-likeness (QED) is 0.118. The van der Waals surface area contributed by atoms with E-state index >= 15 is 0 Å². The Balaban J connectivity index is 0.000000375. The maximum Gasteiger partial charge on any atom is 0.0160 e. The van der Waals surface area contributed by atoms with Gasteiger partial charge in [0.2, 0.25) is 0 Å². The molecule has 10 aromatic rings. The van der Waals surface area contributed by atoms with Crippen LogP contribution in [-0.2, 0) is 26.1 Å². The van der Waals surface area contributed by atoms with Gasteiger partial charge in [0.15, 0.2) is 0 Å². The molecule has 3 aromatic heterocycles. The van der Waals surface area contributed by atoms with Gasteiger partial charge in [0, 0.05) is 31.7 Å². The fourth-order valence-electron chi connectivity index (χ4n) is 10.6. The normalized spacial score (nSPS) is 13.9. The average molecular weight is 1130 g/mol. The van der Waals surface area contributed by atoms with Gasteiger partial charge >= 0.3 is 248 Å². The second-order valence-corrected chi connectivity index (χ2v) is 36.4. The van der Waals surface area contributed by atoms with Gasteiger partial charge in [-0.05, 0) is 29.0 Å². The molecule has 0 aliphatic carbocycles. The summed E-state index contributed by atoms with van der Waals surface area (Å²) in [6.07, 6.45) is 1.79. The molecule has 0 unspecified atom stereocenters. The zero-order chi connectivity index (χ0) is 45.7. The number of rotatable bonds is 7. The Hall–Kier alpha value is -5.63. The second-order valence-electron chi connectivity index (χ2n) is 20.1. The Morgan fingerprint density at radius 2 is 1.36 bits per heavy atom. The summed E-state index contributed by atoms with van der Waals surface area (Å²) < 4.78 is 10.9. The largest absolute Gasteiger partial charge is 0.305 e. The van der Waals surface area contributed by atoms with E-state index in [1.807, 2.05) is 48.5 Å². The molecule has 4 heterocycles. The van der Waals surface area contributed by atoms with Crippen LogP contribution in [0.5, 0.6) is 0 Å². The SMILES string of the molecule is CC(C)c1cc(-c2ccc3[c](c2)[Ge]([CH3])([CH3])[CH2][Si](C)(C)C3)cc(C(C)C)c1-n1c(-c2[c-]ccc3c2oc2cc(-c4ccccc4)ccc23)nc2ccccc21.[Ir].[c-]1ccccc1-c1ccccn1. The van der Waals surface area contributed by atoms with E-state index in [4.69, 9.17) is 9.40 Å². The Kier molecular flexibility index (Phi) is 13.0. The van der Waals surface area contributed by atoms with Gasteiger partial charge in [-0.15, -0.1) is 42.0 Å². The van der Waals surface area contributed by atoms with Crippen LogP contribution >= 0.6 is 0 Å². The van der Waals surface area contributed by atoms with Gasteiger partial charge in [0.1, 0.15) is 5.58 Å². The molecule has 0 spiro atoms. The molecule has 7 heteroatoms. The molecule has 11 rings (SSSR count). The van der Waals surface area contributed by atoms with Crippen LogP contribution in [0.15, 0.2) is 168 Å². The van der Waals surface area contributed by atoms with Crippen LogP contribution in [0.25, 0.3) is 83.6 Å². The molecule has 1 radical (unpaired) electrons. The van der Waals surface area contributed by atoms with E-state index in [0.717, 1.165) is 61.2 Å². The maximum absolute atomic E-state index is 6.82. The minimum atomic E-state index is -2.13. The second kappa shape index (κ2) is 18.8. The van der Waals surface area contributed by atoms with E-state index in [1.165, 1.54) is 44.4 Å². The molecule has 0 bridgehead atoms. The van der Waals surface area contributed by atoms with Crippen LogP contribution in [0.1, 0.15) is 56.2 Å². The molecule has 7 aromatic carbocycles. The molecule has 0 N–H and O–H groups in total. The number of pyridine rings is 1. The third-order valence-electron chi connectivity index (χ3n) is 13.4. The van der Waals surface area contributed by atoms with Gasteiger partial charge in [-0.2, -0.15) is 0 Å². The first-order valence-electron chi connectivity index (χ1n) is 23.5. The van der Waals surface area contributed by atoms with Crippen molar-refractivity contribution < 1.29 is 24.5 Å². The van der Waals surface area contributed by atoms with E-state index in [0.29, 0.717) is 0 Å². The average Bonchev–Trinajstić information content (AvgIpc) is 3.90. The number of furan rings is 1. The number of hydrogen-bond acceptors (Lipinski definition) is 3. The number of nitrogens with zero attached hydrogens (tertiary/aromatic N) is 3.